The van der Waals surface area contributed by atoms with E-state index < -0.39 is 10.0 Å². The van der Waals surface area contributed by atoms with Gasteiger partial charge in [-0.2, -0.15) is 4.31 Å². The number of sulfonamides is 1. The molecule has 0 bridgehead atoms. The minimum Gasteiger partial charge on any atom is -0.330 e. The first-order chi connectivity index (χ1) is 11.9. The molecule has 138 valence electrons. The zero-order valence-corrected chi connectivity index (χ0v) is 15.7. The molecule has 1 aromatic rings. The number of rotatable bonds is 5. The van der Waals surface area contributed by atoms with Crippen LogP contribution in [0.3, 0.4) is 0 Å². The monoisotopic (exact) mass is 385 g/mol. The van der Waals surface area contributed by atoms with Crippen LogP contribution >= 0.6 is 11.6 Å². The van der Waals surface area contributed by atoms with Gasteiger partial charge in [-0.3, -0.25) is 4.79 Å². The van der Waals surface area contributed by atoms with Crippen molar-refractivity contribution in [2.75, 3.05) is 25.0 Å². The number of carbonyl (C=O) groups is 1. The molecule has 0 spiro atoms. The summed E-state index contributed by atoms with van der Waals surface area (Å²) in [5, 5.41) is 3.01. The third-order valence-electron chi connectivity index (χ3n) is 5.18. The lowest BCUT2D eigenvalue weighted by molar-refractivity contribution is -0.120. The van der Waals surface area contributed by atoms with Crippen LogP contribution in [0.2, 0.25) is 5.02 Å². The van der Waals surface area contributed by atoms with E-state index in [1.165, 1.54) is 16.4 Å². The van der Waals surface area contributed by atoms with Gasteiger partial charge in [0, 0.05) is 24.7 Å². The Kier molecular flexibility index (Phi) is 5.68. The zero-order valence-electron chi connectivity index (χ0n) is 14.1. The summed E-state index contributed by atoms with van der Waals surface area (Å²) in [5.41, 5.74) is 6.20. The molecule has 2 aliphatic rings. The molecule has 3 N–H and O–H groups in total. The minimum atomic E-state index is -3.63. The van der Waals surface area contributed by atoms with Crippen LogP contribution in [0.15, 0.2) is 23.1 Å². The molecule has 1 saturated heterocycles. The van der Waals surface area contributed by atoms with Gasteiger partial charge in [0.2, 0.25) is 15.9 Å². The zero-order chi connectivity index (χ0) is 18.0. The highest BCUT2D eigenvalue weighted by Crippen LogP contribution is 2.33. The molecule has 1 aliphatic carbocycles. The van der Waals surface area contributed by atoms with Crippen molar-refractivity contribution in [1.82, 2.24) is 4.31 Å². The Labute approximate surface area is 153 Å². The van der Waals surface area contributed by atoms with Crippen molar-refractivity contribution >= 4 is 33.2 Å². The van der Waals surface area contributed by atoms with E-state index in [1.807, 2.05) is 0 Å². The Morgan fingerprint density at radius 1 is 1.24 bits per heavy atom. The van der Waals surface area contributed by atoms with Gasteiger partial charge in [0.25, 0.3) is 0 Å². The van der Waals surface area contributed by atoms with Crippen molar-refractivity contribution in [3.63, 3.8) is 0 Å². The average Bonchev–Trinajstić information content (AvgIpc) is 3.27. The van der Waals surface area contributed by atoms with Crippen LogP contribution in [0.4, 0.5) is 5.69 Å². The van der Waals surface area contributed by atoms with Crippen molar-refractivity contribution in [3.8, 4) is 0 Å². The van der Waals surface area contributed by atoms with Crippen molar-refractivity contribution in [1.29, 1.82) is 0 Å². The Bertz CT molecular complexity index is 748. The summed E-state index contributed by atoms with van der Waals surface area (Å²) in [5.74, 6) is -0.0146. The Hall–Kier alpha value is -1.15. The van der Waals surface area contributed by atoms with Crippen LogP contribution in [0, 0.1) is 11.8 Å². The van der Waals surface area contributed by atoms with E-state index in [9.17, 15) is 13.2 Å². The first-order valence-corrected chi connectivity index (χ1v) is 10.6. The number of nitrogens with zero attached hydrogens (tertiary/aromatic N) is 1. The standard InChI is InChI=1S/C17H24ClN3O3S/c18-15-7-6-13(20-17(22)14-5-3-4-12(14)11-19)10-16(15)25(23,24)21-8-1-2-9-21/h6-7,10,12,14H,1-5,8-9,11,19H2,(H,20,22)/t12-,14-/m1/s1. The van der Waals surface area contributed by atoms with Gasteiger partial charge in [0.15, 0.2) is 0 Å². The van der Waals surface area contributed by atoms with Crippen LogP contribution in [0.25, 0.3) is 0 Å². The molecule has 1 saturated carbocycles. The molecule has 1 aromatic carbocycles. The molecule has 1 aliphatic heterocycles. The highest BCUT2D eigenvalue weighted by atomic mass is 35.5. The normalized spacial score (nSPS) is 24.6. The van der Waals surface area contributed by atoms with Crippen LogP contribution in [0.1, 0.15) is 32.1 Å². The SMILES string of the molecule is NC[C@H]1CCC[C@H]1C(=O)Nc1ccc(Cl)c(S(=O)(=O)N2CCCC2)c1. The number of nitrogens with one attached hydrogen (secondary N) is 1. The van der Waals surface area contributed by atoms with E-state index >= 15 is 0 Å². The summed E-state index contributed by atoms with van der Waals surface area (Å²) in [7, 11) is -3.63. The second-order valence-electron chi connectivity index (χ2n) is 6.78. The van der Waals surface area contributed by atoms with Crippen molar-refractivity contribution in [3.05, 3.63) is 23.2 Å². The molecule has 2 atom stereocenters. The van der Waals surface area contributed by atoms with E-state index in [0.29, 0.717) is 25.3 Å². The molecular weight excluding hydrogens is 362 g/mol. The smallest absolute Gasteiger partial charge is 0.244 e. The van der Waals surface area contributed by atoms with Crippen LogP contribution in [0.5, 0.6) is 0 Å². The van der Waals surface area contributed by atoms with Crippen molar-refractivity contribution in [2.24, 2.45) is 17.6 Å². The summed E-state index contributed by atoms with van der Waals surface area (Å²) in [6, 6.07) is 4.62. The third kappa shape index (κ3) is 3.84. The van der Waals surface area contributed by atoms with Crippen molar-refractivity contribution < 1.29 is 13.2 Å². The predicted octanol–water partition coefficient (Wildman–Crippen LogP) is 2.44. The average molecular weight is 386 g/mol. The second kappa shape index (κ2) is 7.61. The lowest BCUT2D eigenvalue weighted by atomic mass is 9.95. The van der Waals surface area contributed by atoms with Crippen molar-refractivity contribution in [2.45, 2.75) is 37.0 Å². The largest absolute Gasteiger partial charge is 0.330 e. The Morgan fingerprint density at radius 3 is 2.64 bits per heavy atom. The summed E-state index contributed by atoms with van der Waals surface area (Å²) in [6.07, 6.45) is 4.49. The molecule has 0 aromatic heterocycles. The lowest BCUT2D eigenvalue weighted by Gasteiger charge is -2.19. The number of amides is 1. The molecule has 0 radical (unpaired) electrons. The number of anilines is 1. The van der Waals surface area contributed by atoms with Gasteiger partial charge in [0.05, 0.1) is 5.02 Å². The maximum Gasteiger partial charge on any atom is 0.244 e. The fourth-order valence-corrected chi connectivity index (χ4v) is 5.76. The summed E-state index contributed by atoms with van der Waals surface area (Å²) in [6.45, 7) is 1.51. The number of hydrogen-bond acceptors (Lipinski definition) is 4. The maximum atomic E-state index is 12.8. The van der Waals surface area contributed by atoms with Gasteiger partial charge in [-0.1, -0.05) is 18.0 Å². The topological polar surface area (TPSA) is 92.5 Å². The molecule has 0 unspecified atom stereocenters. The van der Waals surface area contributed by atoms with E-state index in [1.54, 1.807) is 6.07 Å². The Morgan fingerprint density at radius 2 is 1.96 bits per heavy atom. The molecular formula is C17H24ClN3O3S. The summed E-state index contributed by atoms with van der Waals surface area (Å²) in [4.78, 5) is 12.6. The summed E-state index contributed by atoms with van der Waals surface area (Å²) >= 11 is 6.13. The Balaban J connectivity index is 1.81. The molecule has 1 amide bonds. The number of nitrogens with two attached hydrogens (primary N) is 1. The van der Waals surface area contributed by atoms with E-state index in [4.69, 9.17) is 17.3 Å². The number of halogens is 1. The maximum absolute atomic E-state index is 12.8. The van der Waals surface area contributed by atoms with Gasteiger partial charge in [-0.15, -0.1) is 0 Å². The number of benzene rings is 1. The highest BCUT2D eigenvalue weighted by molar-refractivity contribution is 7.89. The van der Waals surface area contributed by atoms with Gasteiger partial charge in [-0.25, -0.2) is 8.42 Å². The minimum absolute atomic E-state index is 0.0515. The number of carbonyl (C=O) groups excluding carboxylic acids is 1. The molecule has 2 fully saturated rings. The molecule has 8 heteroatoms. The molecule has 3 rings (SSSR count). The lowest BCUT2D eigenvalue weighted by Crippen LogP contribution is -2.30. The first-order valence-electron chi connectivity index (χ1n) is 8.74. The molecule has 6 nitrogen and oxygen atoms in total. The van der Waals surface area contributed by atoms with Crippen LogP contribution in [-0.4, -0.2) is 38.3 Å². The quantitative estimate of drug-likeness (QED) is 0.814. The second-order valence-corrected chi connectivity index (χ2v) is 9.09. The van der Waals surface area contributed by atoms with Crippen LogP contribution in [-0.2, 0) is 14.8 Å². The van der Waals surface area contributed by atoms with E-state index in [2.05, 4.69) is 5.32 Å². The number of hydrogen-bond donors (Lipinski definition) is 2. The van der Waals surface area contributed by atoms with E-state index in [0.717, 1.165) is 32.1 Å². The third-order valence-corrected chi connectivity index (χ3v) is 7.56. The fraction of sp³-hybridized carbons (Fsp3) is 0.588. The van der Waals surface area contributed by atoms with Gasteiger partial charge < -0.3 is 11.1 Å². The van der Waals surface area contributed by atoms with Gasteiger partial charge >= 0.3 is 0 Å². The van der Waals surface area contributed by atoms with Gasteiger partial charge in [-0.05, 0) is 56.3 Å². The predicted molar refractivity (Wildman–Crippen MR) is 98.0 cm³/mol. The fourth-order valence-electron chi connectivity index (χ4n) is 3.75. The summed E-state index contributed by atoms with van der Waals surface area (Å²) < 4.78 is 27.0. The highest BCUT2D eigenvalue weighted by Gasteiger charge is 2.33. The molecule has 25 heavy (non-hydrogen) atoms. The molecule has 1 heterocycles. The van der Waals surface area contributed by atoms with Gasteiger partial charge in [0.1, 0.15) is 4.90 Å². The van der Waals surface area contributed by atoms with E-state index in [-0.39, 0.29) is 27.7 Å². The van der Waals surface area contributed by atoms with Crippen LogP contribution < -0.4 is 11.1 Å². The first kappa shape index (κ1) is 18.6.